The zero-order chi connectivity index (χ0) is 15.7. The van der Waals surface area contributed by atoms with E-state index in [0.717, 1.165) is 10.0 Å². The fraction of sp³-hybridized carbons (Fsp3) is 0.333. The second-order valence-electron chi connectivity index (χ2n) is 4.90. The number of esters is 1. The van der Waals surface area contributed by atoms with E-state index in [4.69, 9.17) is 4.74 Å². The third-order valence-electron chi connectivity index (χ3n) is 3.71. The molecule has 6 heteroatoms. The first-order valence-electron chi connectivity index (χ1n) is 6.43. The number of amides is 2. The van der Waals surface area contributed by atoms with Crippen molar-refractivity contribution in [3.63, 3.8) is 0 Å². The van der Waals surface area contributed by atoms with Gasteiger partial charge >= 0.3 is 12.0 Å². The maximum absolute atomic E-state index is 12.3. The lowest BCUT2D eigenvalue weighted by Crippen LogP contribution is -2.47. The van der Waals surface area contributed by atoms with Gasteiger partial charge in [-0.1, -0.05) is 28.1 Å². The van der Waals surface area contributed by atoms with Gasteiger partial charge in [0.25, 0.3) is 0 Å². The van der Waals surface area contributed by atoms with E-state index in [1.165, 1.54) is 12.0 Å². The number of ether oxygens (including phenoxy) is 1. The van der Waals surface area contributed by atoms with Gasteiger partial charge in [0.05, 0.1) is 18.7 Å². The third kappa shape index (κ3) is 2.68. The zero-order valence-electron chi connectivity index (χ0n) is 12.4. The molecular formula is C15H17BrN2O3. The molecule has 0 saturated carbocycles. The number of carbonyl (C=O) groups is 2. The molecule has 0 aromatic heterocycles. The van der Waals surface area contributed by atoms with Crippen molar-refractivity contribution in [2.75, 3.05) is 21.2 Å². The molecule has 0 spiro atoms. The Balaban J connectivity index is 2.64. The second kappa shape index (κ2) is 5.89. The lowest BCUT2D eigenvalue weighted by molar-refractivity contribution is -0.137. The minimum Gasteiger partial charge on any atom is -0.466 e. The highest BCUT2D eigenvalue weighted by Crippen LogP contribution is 2.36. The van der Waals surface area contributed by atoms with Gasteiger partial charge in [0.2, 0.25) is 0 Å². The molecule has 1 atom stereocenters. The normalized spacial score (nSPS) is 19.1. The van der Waals surface area contributed by atoms with Crippen molar-refractivity contribution in [3.8, 4) is 0 Å². The summed E-state index contributed by atoms with van der Waals surface area (Å²) in [7, 11) is 4.67. The van der Waals surface area contributed by atoms with E-state index in [9.17, 15) is 9.59 Å². The maximum Gasteiger partial charge on any atom is 0.337 e. The Labute approximate surface area is 132 Å². The van der Waals surface area contributed by atoms with Crippen LogP contribution in [0.25, 0.3) is 0 Å². The van der Waals surface area contributed by atoms with Crippen LogP contribution in [0, 0.1) is 0 Å². The molecule has 1 aliphatic heterocycles. The van der Waals surface area contributed by atoms with Crippen molar-refractivity contribution in [3.05, 3.63) is 45.6 Å². The Hall–Kier alpha value is -1.82. The molecule has 0 fully saturated rings. The molecule has 0 saturated heterocycles. The first-order chi connectivity index (χ1) is 9.88. The zero-order valence-corrected chi connectivity index (χ0v) is 14.0. The minimum atomic E-state index is -0.460. The van der Waals surface area contributed by atoms with Gasteiger partial charge in [-0.05, 0) is 24.6 Å². The standard InChI is InChI=1S/C15H17BrN2O3/c1-9-12(14(19)21-4)13(18(3)15(20)17(9)2)10-6-5-7-11(16)8-10/h5-8,13H,1-4H3/t13-/m0/s1. The second-order valence-corrected chi connectivity index (χ2v) is 5.82. The van der Waals surface area contributed by atoms with Crippen molar-refractivity contribution < 1.29 is 14.3 Å². The quantitative estimate of drug-likeness (QED) is 0.769. The molecule has 112 valence electrons. The van der Waals surface area contributed by atoms with Gasteiger partial charge in [-0.3, -0.25) is 0 Å². The molecule has 21 heavy (non-hydrogen) atoms. The van der Waals surface area contributed by atoms with E-state index in [0.29, 0.717) is 11.3 Å². The molecule has 1 aliphatic rings. The van der Waals surface area contributed by atoms with Crippen LogP contribution >= 0.6 is 15.9 Å². The van der Waals surface area contributed by atoms with Gasteiger partial charge in [-0.25, -0.2) is 9.59 Å². The first kappa shape index (κ1) is 15.6. The number of carbonyl (C=O) groups excluding carboxylic acids is 2. The molecule has 1 aromatic carbocycles. The Kier molecular flexibility index (Phi) is 4.37. The topological polar surface area (TPSA) is 49.9 Å². The number of likely N-dealkylation sites (N-methyl/N-ethyl adjacent to an activating group) is 1. The monoisotopic (exact) mass is 352 g/mol. The van der Waals surface area contributed by atoms with Gasteiger partial charge in [0.15, 0.2) is 0 Å². The molecular weight excluding hydrogens is 336 g/mol. The molecule has 1 aromatic rings. The molecule has 0 bridgehead atoms. The van der Waals surface area contributed by atoms with Crippen LogP contribution in [0.1, 0.15) is 18.5 Å². The van der Waals surface area contributed by atoms with E-state index in [1.807, 2.05) is 24.3 Å². The van der Waals surface area contributed by atoms with Crippen LogP contribution < -0.4 is 0 Å². The smallest absolute Gasteiger partial charge is 0.337 e. The van der Waals surface area contributed by atoms with Crippen LogP contribution in [-0.2, 0) is 9.53 Å². The first-order valence-corrected chi connectivity index (χ1v) is 7.22. The lowest BCUT2D eigenvalue weighted by Gasteiger charge is -2.39. The predicted octanol–water partition coefficient (Wildman–Crippen LogP) is 2.93. The summed E-state index contributed by atoms with van der Waals surface area (Å²) in [5, 5.41) is 0. The molecule has 0 radical (unpaired) electrons. The number of allylic oxidation sites excluding steroid dienone is 1. The van der Waals surface area contributed by atoms with E-state index >= 15 is 0 Å². The van der Waals surface area contributed by atoms with Crippen LogP contribution in [0.15, 0.2) is 40.0 Å². The highest BCUT2D eigenvalue weighted by molar-refractivity contribution is 9.10. The van der Waals surface area contributed by atoms with Gasteiger partial charge in [-0.15, -0.1) is 0 Å². The van der Waals surface area contributed by atoms with Crippen molar-refractivity contribution >= 4 is 27.9 Å². The summed E-state index contributed by atoms with van der Waals surface area (Å²) in [6, 6.07) is 6.94. The van der Waals surface area contributed by atoms with Crippen LogP contribution in [0.4, 0.5) is 4.79 Å². The minimum absolute atomic E-state index is 0.162. The fourth-order valence-electron chi connectivity index (χ4n) is 2.50. The molecule has 2 amide bonds. The SMILES string of the molecule is COC(=O)C1=C(C)N(C)C(=O)N(C)[C@H]1c1cccc(Br)c1. The van der Waals surface area contributed by atoms with Crippen LogP contribution in [0.3, 0.4) is 0 Å². The number of benzene rings is 1. The lowest BCUT2D eigenvalue weighted by atomic mass is 9.94. The van der Waals surface area contributed by atoms with Gasteiger partial charge in [0.1, 0.15) is 0 Å². The van der Waals surface area contributed by atoms with Gasteiger partial charge in [-0.2, -0.15) is 0 Å². The Morgan fingerprint density at radius 2 is 2.00 bits per heavy atom. The van der Waals surface area contributed by atoms with E-state index in [1.54, 1.807) is 25.9 Å². The number of hydrogen-bond acceptors (Lipinski definition) is 3. The highest BCUT2D eigenvalue weighted by Gasteiger charge is 2.38. The highest BCUT2D eigenvalue weighted by atomic mass is 79.9. The Morgan fingerprint density at radius 1 is 1.33 bits per heavy atom. The Bertz CT molecular complexity index is 627. The van der Waals surface area contributed by atoms with E-state index in [2.05, 4.69) is 15.9 Å². The predicted molar refractivity (Wildman–Crippen MR) is 82.5 cm³/mol. The molecule has 0 aliphatic carbocycles. The summed E-state index contributed by atoms with van der Waals surface area (Å²) in [6.45, 7) is 1.75. The number of methoxy groups -OCH3 is 1. The molecule has 5 nitrogen and oxygen atoms in total. The van der Waals surface area contributed by atoms with Gasteiger partial charge in [0, 0.05) is 24.3 Å². The Morgan fingerprint density at radius 3 is 2.57 bits per heavy atom. The van der Waals surface area contributed by atoms with Gasteiger partial charge < -0.3 is 14.5 Å². The summed E-state index contributed by atoms with van der Waals surface area (Å²) < 4.78 is 5.79. The maximum atomic E-state index is 12.3. The molecule has 0 N–H and O–H groups in total. The summed E-state index contributed by atoms with van der Waals surface area (Å²) in [5.41, 5.74) is 1.93. The van der Waals surface area contributed by atoms with Crippen LogP contribution in [0.2, 0.25) is 0 Å². The molecule has 1 heterocycles. The average molecular weight is 353 g/mol. The summed E-state index contributed by atoms with van der Waals surface area (Å²) >= 11 is 3.42. The number of halogens is 1. The van der Waals surface area contributed by atoms with Crippen molar-refractivity contribution in [1.29, 1.82) is 0 Å². The summed E-state index contributed by atoms with van der Waals surface area (Å²) in [4.78, 5) is 27.5. The van der Waals surface area contributed by atoms with Crippen molar-refractivity contribution in [2.45, 2.75) is 13.0 Å². The van der Waals surface area contributed by atoms with E-state index < -0.39 is 12.0 Å². The van der Waals surface area contributed by atoms with Crippen molar-refractivity contribution in [2.24, 2.45) is 0 Å². The fourth-order valence-corrected chi connectivity index (χ4v) is 2.92. The molecule has 0 unspecified atom stereocenters. The summed E-state index contributed by atoms with van der Waals surface area (Å²) in [6.07, 6.45) is 0. The number of nitrogens with zero attached hydrogens (tertiary/aromatic N) is 2. The van der Waals surface area contributed by atoms with E-state index in [-0.39, 0.29) is 6.03 Å². The van der Waals surface area contributed by atoms with Crippen molar-refractivity contribution in [1.82, 2.24) is 9.80 Å². The number of hydrogen-bond donors (Lipinski definition) is 0. The van der Waals surface area contributed by atoms with Crippen LogP contribution in [0.5, 0.6) is 0 Å². The third-order valence-corrected chi connectivity index (χ3v) is 4.21. The van der Waals surface area contributed by atoms with Crippen LogP contribution in [-0.4, -0.2) is 43.0 Å². The summed E-state index contributed by atoms with van der Waals surface area (Å²) in [5.74, 6) is -0.427. The largest absolute Gasteiger partial charge is 0.466 e. The number of rotatable bonds is 2. The average Bonchev–Trinajstić information content (AvgIpc) is 2.47. The number of urea groups is 1. The molecule has 2 rings (SSSR count).